The van der Waals surface area contributed by atoms with Crippen LogP contribution in [0.5, 0.6) is 0 Å². The van der Waals surface area contributed by atoms with Gasteiger partial charge in [-0.25, -0.2) is 0 Å². The third-order valence-electron chi connectivity index (χ3n) is 3.21. The molecule has 0 saturated heterocycles. The zero-order chi connectivity index (χ0) is 14.8. The molecule has 3 nitrogen and oxygen atoms in total. The van der Waals surface area contributed by atoms with E-state index in [1.54, 1.807) is 12.1 Å². The van der Waals surface area contributed by atoms with Crippen molar-refractivity contribution in [2.24, 2.45) is 0 Å². The van der Waals surface area contributed by atoms with Gasteiger partial charge in [0.1, 0.15) is 5.02 Å². The molecule has 1 unspecified atom stereocenters. The maximum absolute atomic E-state index is 10.9. The van der Waals surface area contributed by atoms with E-state index in [1.807, 2.05) is 24.3 Å². The molecule has 104 valence electrons. The van der Waals surface area contributed by atoms with Crippen molar-refractivity contribution >= 4 is 31.2 Å². The second-order valence-corrected chi connectivity index (χ2v) is 8.01. The van der Waals surface area contributed by atoms with Crippen molar-refractivity contribution in [1.82, 2.24) is 0 Å². The molecule has 0 fully saturated rings. The summed E-state index contributed by atoms with van der Waals surface area (Å²) >= 11 is 5.85. The first-order valence-electron chi connectivity index (χ1n) is 6.25. The van der Waals surface area contributed by atoms with Crippen molar-refractivity contribution in [3.05, 3.63) is 69.2 Å². The lowest BCUT2D eigenvalue weighted by atomic mass is 10.0. The van der Waals surface area contributed by atoms with Gasteiger partial charge in [0.15, 0.2) is 0 Å². The van der Waals surface area contributed by atoms with E-state index in [-0.39, 0.29) is 24.4 Å². The molecular formula is C15H16ClNO2P+. The van der Waals surface area contributed by atoms with E-state index >= 15 is 0 Å². The van der Waals surface area contributed by atoms with E-state index in [1.165, 1.54) is 5.56 Å². The van der Waals surface area contributed by atoms with Crippen LogP contribution in [-0.2, 0) is 5.16 Å². The maximum Gasteiger partial charge on any atom is 0.291 e. The number of nitro benzene ring substituents is 1. The quantitative estimate of drug-likeness (QED) is 0.482. The number of hydrogen-bond acceptors (Lipinski definition) is 2. The van der Waals surface area contributed by atoms with Gasteiger partial charge in [0.05, 0.1) is 21.5 Å². The van der Waals surface area contributed by atoms with Crippen LogP contribution in [0.4, 0.5) is 5.69 Å². The van der Waals surface area contributed by atoms with E-state index in [2.05, 4.69) is 26.0 Å². The number of rotatable bonds is 4. The van der Waals surface area contributed by atoms with E-state index in [0.29, 0.717) is 0 Å². The summed E-state index contributed by atoms with van der Waals surface area (Å²) in [6, 6.07) is 15.3. The minimum Gasteiger partial charge on any atom is -0.258 e. The average molecular weight is 309 g/mol. The minimum atomic E-state index is -0.430. The van der Waals surface area contributed by atoms with E-state index in [4.69, 9.17) is 11.6 Å². The van der Waals surface area contributed by atoms with Crippen molar-refractivity contribution in [1.29, 1.82) is 0 Å². The molecule has 0 N–H and O–H groups in total. The minimum absolute atomic E-state index is 0.0110. The van der Waals surface area contributed by atoms with Gasteiger partial charge in [-0.3, -0.25) is 10.1 Å². The first-order valence-corrected chi connectivity index (χ1v) is 7.79. The molecule has 0 aliphatic rings. The molecule has 0 heterocycles. The molecule has 0 aliphatic carbocycles. The Morgan fingerprint density at radius 3 is 2.40 bits per heavy atom. The number of benzene rings is 2. The van der Waals surface area contributed by atoms with Crippen LogP contribution >= 0.6 is 20.2 Å². The predicted octanol–water partition coefficient (Wildman–Crippen LogP) is 4.22. The Morgan fingerprint density at radius 1 is 1.15 bits per heavy atom. The zero-order valence-corrected chi connectivity index (χ0v) is 13.2. The summed E-state index contributed by atoms with van der Waals surface area (Å²) in [6.07, 6.45) is 0. The number of hydrogen-bond donors (Lipinski definition) is 0. The Morgan fingerprint density at radius 2 is 1.80 bits per heavy atom. The van der Waals surface area contributed by atoms with E-state index in [0.717, 1.165) is 5.30 Å². The molecule has 0 bridgehead atoms. The number of halogens is 1. The van der Waals surface area contributed by atoms with Gasteiger partial charge in [0.25, 0.3) is 5.69 Å². The Kier molecular flexibility index (Phi) is 4.42. The van der Waals surface area contributed by atoms with Crippen molar-refractivity contribution in [2.45, 2.75) is 19.0 Å². The molecule has 1 atom stereocenters. The maximum atomic E-state index is 10.9. The first-order chi connectivity index (χ1) is 9.40. The fraction of sp³-hybridized carbons (Fsp3) is 0.200. The Bertz CT molecular complexity index is 629. The Hall–Kier alpha value is -1.44. The Labute approximate surface area is 124 Å². The van der Waals surface area contributed by atoms with Crippen LogP contribution in [0, 0.1) is 10.1 Å². The van der Waals surface area contributed by atoms with Crippen LogP contribution in [0.3, 0.4) is 0 Å². The van der Waals surface area contributed by atoms with Gasteiger partial charge < -0.3 is 0 Å². The molecular weight excluding hydrogens is 293 g/mol. The van der Waals surface area contributed by atoms with Crippen LogP contribution in [0.25, 0.3) is 0 Å². The predicted molar refractivity (Wildman–Crippen MR) is 86.9 cm³/mol. The van der Waals surface area contributed by atoms with Crippen LogP contribution in [0.1, 0.15) is 19.4 Å². The van der Waals surface area contributed by atoms with Crippen LogP contribution < -0.4 is 5.30 Å². The highest BCUT2D eigenvalue weighted by atomic mass is 35.5. The van der Waals surface area contributed by atoms with Gasteiger partial charge in [0.2, 0.25) is 0 Å². The third-order valence-corrected chi connectivity index (χ3v) is 5.28. The first kappa shape index (κ1) is 15.0. The summed E-state index contributed by atoms with van der Waals surface area (Å²) in [4.78, 5) is 10.5. The molecule has 0 spiro atoms. The summed E-state index contributed by atoms with van der Waals surface area (Å²) in [5.74, 6) is 0. The van der Waals surface area contributed by atoms with Gasteiger partial charge >= 0.3 is 0 Å². The summed E-state index contributed by atoms with van der Waals surface area (Å²) in [5.41, 5.74) is 1.23. The van der Waals surface area contributed by atoms with Crippen LogP contribution in [0.15, 0.2) is 48.5 Å². The van der Waals surface area contributed by atoms with Gasteiger partial charge in [-0.05, 0) is 31.5 Å². The van der Waals surface area contributed by atoms with Gasteiger partial charge in [0, 0.05) is 8.58 Å². The molecule has 20 heavy (non-hydrogen) atoms. The molecule has 0 amide bonds. The normalized spacial score (nSPS) is 11.9. The topological polar surface area (TPSA) is 43.1 Å². The smallest absolute Gasteiger partial charge is 0.258 e. The summed E-state index contributed by atoms with van der Waals surface area (Å²) < 4.78 is 0. The molecule has 0 radical (unpaired) electrons. The zero-order valence-electron chi connectivity index (χ0n) is 11.3. The summed E-state index contributed by atoms with van der Waals surface area (Å²) in [5, 5.41) is 12.1. The summed E-state index contributed by atoms with van der Waals surface area (Å²) in [6.45, 7) is 4.33. The highest BCUT2D eigenvalue weighted by Crippen LogP contribution is 2.41. The standard InChI is InChI=1S/C15H15ClNO2P/c1-15(2,11-6-4-3-5-7-11)20-12-8-9-13(16)14(10-12)17(18)19/h3-10,20H,1-2H3/p+1. The third kappa shape index (κ3) is 3.36. The molecule has 0 aliphatic heterocycles. The SMILES string of the molecule is CC(C)([PH2+]c1ccc(Cl)c([N+](=O)[O-])c1)c1ccccc1. The molecule has 5 heteroatoms. The second kappa shape index (κ2) is 5.90. The van der Waals surface area contributed by atoms with Crippen molar-refractivity contribution in [2.75, 3.05) is 0 Å². The number of nitro groups is 1. The van der Waals surface area contributed by atoms with Crippen molar-refractivity contribution in [3.63, 3.8) is 0 Å². The monoisotopic (exact) mass is 308 g/mol. The molecule has 0 aromatic heterocycles. The van der Waals surface area contributed by atoms with Gasteiger partial charge in [-0.1, -0.05) is 41.9 Å². The van der Waals surface area contributed by atoms with E-state index < -0.39 is 4.92 Å². The van der Waals surface area contributed by atoms with Gasteiger partial charge in [-0.15, -0.1) is 0 Å². The van der Waals surface area contributed by atoms with Crippen molar-refractivity contribution < 1.29 is 4.92 Å². The van der Waals surface area contributed by atoms with Crippen LogP contribution in [-0.4, -0.2) is 4.92 Å². The second-order valence-electron chi connectivity index (χ2n) is 5.20. The lowest BCUT2D eigenvalue weighted by Gasteiger charge is -2.19. The molecule has 2 aromatic carbocycles. The number of nitrogens with zero attached hydrogens (tertiary/aromatic N) is 1. The molecule has 2 rings (SSSR count). The molecule has 2 aromatic rings. The highest BCUT2D eigenvalue weighted by molar-refractivity contribution is 7.48. The molecule has 0 saturated carbocycles. The van der Waals surface area contributed by atoms with Crippen molar-refractivity contribution in [3.8, 4) is 0 Å². The Balaban J connectivity index is 2.30. The highest BCUT2D eigenvalue weighted by Gasteiger charge is 2.28. The fourth-order valence-electron chi connectivity index (χ4n) is 2.13. The lowest BCUT2D eigenvalue weighted by Crippen LogP contribution is -2.14. The largest absolute Gasteiger partial charge is 0.291 e. The average Bonchev–Trinajstić information content (AvgIpc) is 2.41. The summed E-state index contributed by atoms with van der Waals surface area (Å²) in [7, 11) is -0.142. The lowest BCUT2D eigenvalue weighted by molar-refractivity contribution is -0.384. The fourth-order valence-corrected chi connectivity index (χ4v) is 3.94. The van der Waals surface area contributed by atoms with E-state index in [9.17, 15) is 10.1 Å². The van der Waals surface area contributed by atoms with Crippen LogP contribution in [0.2, 0.25) is 5.02 Å². The van der Waals surface area contributed by atoms with Gasteiger partial charge in [-0.2, -0.15) is 0 Å².